The zero-order valence-corrected chi connectivity index (χ0v) is 11.7. The molecule has 1 aliphatic rings. The third-order valence-corrected chi connectivity index (χ3v) is 2.66. The molecule has 9 heteroatoms. The first-order valence-electron chi connectivity index (χ1n) is 6.24. The van der Waals surface area contributed by atoms with Crippen molar-refractivity contribution < 1.29 is 38.5 Å². The van der Waals surface area contributed by atoms with Crippen LogP contribution < -0.4 is 5.11 Å². The molecule has 0 bridgehead atoms. The SMILES string of the molecule is CC(=O)O[C@H](C(=O)[O-])[C@@H](OC(C)=O)C(=O)N1CCOCC1. The van der Waals surface area contributed by atoms with Gasteiger partial charge in [0.25, 0.3) is 5.91 Å². The van der Waals surface area contributed by atoms with Crippen LogP contribution in [0, 0.1) is 0 Å². The molecular formula is C12H16NO8-. The molecule has 2 atom stereocenters. The van der Waals surface area contributed by atoms with Gasteiger partial charge in [-0.05, 0) is 0 Å². The Morgan fingerprint density at radius 2 is 1.48 bits per heavy atom. The standard InChI is InChI=1S/C12H17NO8/c1-7(14)20-9(10(12(17)18)21-8(2)15)11(16)13-3-5-19-6-4-13/h9-10H,3-6H2,1-2H3,(H,17,18)/p-1/t9-,10+/m1/s1. The van der Waals surface area contributed by atoms with Gasteiger partial charge in [-0.1, -0.05) is 0 Å². The summed E-state index contributed by atoms with van der Waals surface area (Å²) in [5.41, 5.74) is 0. The van der Waals surface area contributed by atoms with Crippen molar-refractivity contribution in [2.24, 2.45) is 0 Å². The van der Waals surface area contributed by atoms with Crippen LogP contribution in [-0.4, -0.2) is 67.2 Å². The highest BCUT2D eigenvalue weighted by Crippen LogP contribution is 2.11. The first-order chi connectivity index (χ1) is 9.82. The number of morpholine rings is 1. The van der Waals surface area contributed by atoms with Crippen LogP contribution in [0.25, 0.3) is 0 Å². The van der Waals surface area contributed by atoms with Crippen LogP contribution in [0.5, 0.6) is 0 Å². The maximum absolute atomic E-state index is 12.3. The van der Waals surface area contributed by atoms with Crippen LogP contribution in [0.15, 0.2) is 0 Å². The second kappa shape index (κ2) is 7.58. The van der Waals surface area contributed by atoms with Crippen LogP contribution in [0.4, 0.5) is 0 Å². The fourth-order valence-electron chi connectivity index (χ4n) is 1.80. The summed E-state index contributed by atoms with van der Waals surface area (Å²) in [7, 11) is 0. The van der Waals surface area contributed by atoms with Crippen LogP contribution in [-0.2, 0) is 33.4 Å². The molecule has 0 saturated carbocycles. The number of hydrogen-bond donors (Lipinski definition) is 0. The largest absolute Gasteiger partial charge is 0.546 e. The summed E-state index contributed by atoms with van der Waals surface area (Å²) >= 11 is 0. The highest BCUT2D eigenvalue weighted by molar-refractivity contribution is 5.90. The molecule has 0 aromatic rings. The topological polar surface area (TPSA) is 122 Å². The molecule has 0 unspecified atom stereocenters. The average molecular weight is 302 g/mol. The highest BCUT2D eigenvalue weighted by Gasteiger charge is 2.38. The van der Waals surface area contributed by atoms with E-state index in [1.807, 2.05) is 0 Å². The van der Waals surface area contributed by atoms with Crippen molar-refractivity contribution in [2.75, 3.05) is 26.3 Å². The van der Waals surface area contributed by atoms with E-state index >= 15 is 0 Å². The van der Waals surface area contributed by atoms with Gasteiger partial charge in [-0.15, -0.1) is 0 Å². The maximum Gasteiger partial charge on any atom is 0.303 e. The Morgan fingerprint density at radius 3 is 1.90 bits per heavy atom. The van der Waals surface area contributed by atoms with Crippen LogP contribution >= 0.6 is 0 Å². The van der Waals surface area contributed by atoms with Gasteiger partial charge in [0.2, 0.25) is 6.10 Å². The number of carboxylic acid groups (broad SMARTS) is 1. The van der Waals surface area contributed by atoms with E-state index in [-0.39, 0.29) is 26.3 Å². The lowest BCUT2D eigenvalue weighted by Crippen LogP contribution is -2.56. The van der Waals surface area contributed by atoms with Crippen molar-refractivity contribution in [1.29, 1.82) is 0 Å². The molecule has 21 heavy (non-hydrogen) atoms. The molecule has 1 aliphatic heterocycles. The third kappa shape index (κ3) is 5.03. The fraction of sp³-hybridized carbons (Fsp3) is 0.667. The van der Waals surface area contributed by atoms with Crippen molar-refractivity contribution in [3.63, 3.8) is 0 Å². The molecule has 0 spiro atoms. The normalized spacial score (nSPS) is 17.5. The molecule has 118 valence electrons. The summed E-state index contributed by atoms with van der Waals surface area (Å²) in [5.74, 6) is -4.40. The van der Waals surface area contributed by atoms with Gasteiger partial charge < -0.3 is 29.0 Å². The van der Waals surface area contributed by atoms with Gasteiger partial charge in [0.15, 0.2) is 6.10 Å². The molecule has 0 aromatic heterocycles. The van der Waals surface area contributed by atoms with Crippen molar-refractivity contribution in [3.8, 4) is 0 Å². The Bertz CT molecular complexity index is 429. The summed E-state index contributed by atoms with van der Waals surface area (Å²) in [6.45, 7) is 2.98. The lowest BCUT2D eigenvalue weighted by atomic mass is 10.1. The number of hydrogen-bond acceptors (Lipinski definition) is 8. The first-order valence-corrected chi connectivity index (χ1v) is 6.24. The molecule has 0 aliphatic carbocycles. The van der Waals surface area contributed by atoms with Crippen molar-refractivity contribution in [3.05, 3.63) is 0 Å². The van der Waals surface area contributed by atoms with E-state index in [2.05, 4.69) is 4.74 Å². The summed E-state index contributed by atoms with van der Waals surface area (Å²) in [6, 6.07) is 0. The molecule has 9 nitrogen and oxygen atoms in total. The molecule has 0 aromatic carbocycles. The van der Waals surface area contributed by atoms with Gasteiger partial charge in [0, 0.05) is 26.9 Å². The molecule has 0 radical (unpaired) electrons. The number of ether oxygens (including phenoxy) is 3. The first kappa shape index (κ1) is 16.9. The van der Waals surface area contributed by atoms with E-state index in [0.717, 1.165) is 13.8 Å². The molecular weight excluding hydrogens is 286 g/mol. The lowest BCUT2D eigenvalue weighted by molar-refractivity contribution is -0.318. The van der Waals surface area contributed by atoms with Crippen LogP contribution in [0.3, 0.4) is 0 Å². The van der Waals surface area contributed by atoms with E-state index < -0.39 is 36.0 Å². The van der Waals surface area contributed by atoms with Gasteiger partial charge in [-0.2, -0.15) is 0 Å². The minimum Gasteiger partial charge on any atom is -0.546 e. The van der Waals surface area contributed by atoms with Gasteiger partial charge in [-0.25, -0.2) is 0 Å². The van der Waals surface area contributed by atoms with Gasteiger partial charge in [0.05, 0.1) is 19.2 Å². The smallest absolute Gasteiger partial charge is 0.303 e. The van der Waals surface area contributed by atoms with Crippen molar-refractivity contribution in [2.45, 2.75) is 26.1 Å². The number of carboxylic acids is 1. The maximum atomic E-state index is 12.3. The molecule has 1 rings (SSSR count). The predicted molar refractivity (Wildman–Crippen MR) is 63.5 cm³/mol. The van der Waals surface area contributed by atoms with E-state index in [1.165, 1.54) is 4.90 Å². The number of esters is 2. The molecule has 1 heterocycles. The summed E-state index contributed by atoms with van der Waals surface area (Å²) in [4.78, 5) is 46.6. The molecule has 1 saturated heterocycles. The minimum absolute atomic E-state index is 0.219. The fourth-order valence-corrected chi connectivity index (χ4v) is 1.80. The van der Waals surface area contributed by atoms with Gasteiger partial charge in [-0.3, -0.25) is 14.4 Å². The quantitative estimate of drug-likeness (QED) is 0.509. The number of rotatable bonds is 5. The molecule has 1 fully saturated rings. The number of nitrogens with zero attached hydrogens (tertiary/aromatic N) is 1. The summed E-state index contributed by atoms with van der Waals surface area (Å²) in [5, 5.41) is 11.1. The third-order valence-electron chi connectivity index (χ3n) is 2.66. The Kier molecular flexibility index (Phi) is 6.10. The second-order valence-corrected chi connectivity index (χ2v) is 4.32. The predicted octanol–water partition coefficient (Wildman–Crippen LogP) is -2.54. The molecule has 0 N–H and O–H groups in total. The van der Waals surface area contributed by atoms with Crippen LogP contribution in [0.2, 0.25) is 0 Å². The van der Waals surface area contributed by atoms with Gasteiger partial charge >= 0.3 is 11.9 Å². The monoisotopic (exact) mass is 302 g/mol. The van der Waals surface area contributed by atoms with Crippen molar-refractivity contribution in [1.82, 2.24) is 4.90 Å². The Labute approximate surface area is 120 Å². The van der Waals surface area contributed by atoms with Crippen LogP contribution in [0.1, 0.15) is 13.8 Å². The number of carbonyl (C=O) groups is 4. The van der Waals surface area contributed by atoms with E-state index in [1.54, 1.807) is 0 Å². The lowest BCUT2D eigenvalue weighted by Gasteiger charge is -2.33. The summed E-state index contributed by atoms with van der Waals surface area (Å²) < 4.78 is 14.3. The van der Waals surface area contributed by atoms with E-state index in [9.17, 15) is 24.3 Å². The van der Waals surface area contributed by atoms with E-state index in [0.29, 0.717) is 0 Å². The summed E-state index contributed by atoms with van der Waals surface area (Å²) in [6.07, 6.45) is -3.78. The van der Waals surface area contributed by atoms with Crippen molar-refractivity contribution >= 4 is 23.8 Å². The van der Waals surface area contributed by atoms with Gasteiger partial charge in [0.1, 0.15) is 0 Å². The second-order valence-electron chi connectivity index (χ2n) is 4.32. The zero-order valence-electron chi connectivity index (χ0n) is 11.7. The Hall–Kier alpha value is -2.16. The number of aliphatic carboxylic acids is 1. The average Bonchev–Trinajstić information content (AvgIpc) is 2.42. The Morgan fingerprint density at radius 1 is 1.00 bits per heavy atom. The zero-order chi connectivity index (χ0) is 16.0. The highest BCUT2D eigenvalue weighted by atomic mass is 16.6. The Balaban J connectivity index is 2.94. The minimum atomic E-state index is -2.00. The number of amides is 1. The van der Waals surface area contributed by atoms with E-state index in [4.69, 9.17) is 9.47 Å². The molecule has 1 amide bonds. The number of carbonyl (C=O) groups excluding carboxylic acids is 4.